The number of carbonyl (C=O) groups excluding carboxylic acids is 3. The highest BCUT2D eigenvalue weighted by Crippen LogP contribution is 2.34. The molecular weight excluding hydrogens is 354 g/mol. The molecule has 0 bridgehead atoms. The average Bonchev–Trinajstić information content (AvgIpc) is 3.17. The lowest BCUT2D eigenvalue weighted by atomic mass is 9.87. The Labute approximate surface area is 164 Å². The maximum atomic E-state index is 13.2. The molecule has 2 atom stereocenters. The van der Waals surface area contributed by atoms with E-state index < -0.39 is 11.6 Å². The van der Waals surface area contributed by atoms with Gasteiger partial charge in [-0.3, -0.25) is 14.5 Å². The van der Waals surface area contributed by atoms with Crippen molar-refractivity contribution in [3.63, 3.8) is 0 Å². The molecule has 0 radical (unpaired) electrons. The average molecular weight is 377 g/mol. The van der Waals surface area contributed by atoms with Crippen molar-refractivity contribution in [2.24, 2.45) is 0 Å². The number of nitrogens with zero attached hydrogens (tertiary/aromatic N) is 2. The van der Waals surface area contributed by atoms with Crippen LogP contribution >= 0.6 is 0 Å². The van der Waals surface area contributed by atoms with E-state index in [9.17, 15) is 14.4 Å². The van der Waals surface area contributed by atoms with Crippen molar-refractivity contribution in [1.82, 2.24) is 10.2 Å². The number of amides is 4. The number of urea groups is 1. The lowest BCUT2D eigenvalue weighted by molar-refractivity contribution is -0.134. The Kier molecular flexibility index (Phi) is 4.41. The summed E-state index contributed by atoms with van der Waals surface area (Å²) in [6, 6.07) is 16.4. The number of fused-ring (bicyclic) bond motifs is 1. The van der Waals surface area contributed by atoms with Crippen molar-refractivity contribution in [2.45, 2.75) is 38.3 Å². The molecule has 144 valence electrons. The van der Waals surface area contributed by atoms with E-state index in [1.807, 2.05) is 68.4 Å². The first-order valence-electron chi connectivity index (χ1n) is 9.57. The van der Waals surface area contributed by atoms with Gasteiger partial charge in [0.25, 0.3) is 5.91 Å². The van der Waals surface area contributed by atoms with Crippen LogP contribution in [0.5, 0.6) is 0 Å². The third-order valence-electron chi connectivity index (χ3n) is 5.74. The summed E-state index contributed by atoms with van der Waals surface area (Å²) in [4.78, 5) is 41.7. The van der Waals surface area contributed by atoms with E-state index in [1.165, 1.54) is 0 Å². The number of hydrogen-bond acceptors (Lipinski definition) is 3. The second-order valence-corrected chi connectivity index (χ2v) is 7.39. The number of para-hydroxylation sites is 1. The van der Waals surface area contributed by atoms with Gasteiger partial charge in [0.2, 0.25) is 5.91 Å². The molecule has 0 unspecified atom stereocenters. The summed E-state index contributed by atoms with van der Waals surface area (Å²) in [5.74, 6) is -0.624. The molecule has 6 nitrogen and oxygen atoms in total. The summed E-state index contributed by atoms with van der Waals surface area (Å²) >= 11 is 0. The Morgan fingerprint density at radius 1 is 1.11 bits per heavy atom. The quantitative estimate of drug-likeness (QED) is 0.833. The topological polar surface area (TPSA) is 69.7 Å². The van der Waals surface area contributed by atoms with E-state index >= 15 is 0 Å². The van der Waals surface area contributed by atoms with Gasteiger partial charge >= 0.3 is 6.03 Å². The molecule has 0 aromatic heterocycles. The Morgan fingerprint density at radius 3 is 2.50 bits per heavy atom. The highest BCUT2D eigenvalue weighted by Gasteiger charge is 2.52. The fraction of sp³-hybridized carbons (Fsp3) is 0.318. The lowest BCUT2D eigenvalue weighted by Gasteiger charge is -2.27. The number of carbonyl (C=O) groups is 3. The molecule has 0 spiro atoms. The number of anilines is 1. The summed E-state index contributed by atoms with van der Waals surface area (Å²) in [7, 11) is 0. The highest BCUT2D eigenvalue weighted by atomic mass is 16.2. The molecule has 2 aromatic rings. The predicted molar refractivity (Wildman–Crippen MR) is 106 cm³/mol. The van der Waals surface area contributed by atoms with Gasteiger partial charge in [0.15, 0.2) is 0 Å². The normalized spacial score (nSPS) is 23.7. The number of nitrogens with one attached hydrogen (secondary N) is 1. The SMILES string of the molecule is CC[C@]1(c2ccccc2)NC(=O)N(CC(=O)N2c3ccccc3C[C@@H]2C)C1=O. The van der Waals surface area contributed by atoms with Crippen LogP contribution in [0.3, 0.4) is 0 Å². The van der Waals surface area contributed by atoms with Crippen molar-refractivity contribution in [3.8, 4) is 0 Å². The largest absolute Gasteiger partial charge is 0.325 e. The lowest BCUT2D eigenvalue weighted by Crippen LogP contribution is -2.46. The summed E-state index contributed by atoms with van der Waals surface area (Å²) in [5, 5.41) is 2.83. The predicted octanol–water partition coefficient (Wildman–Crippen LogP) is 2.82. The van der Waals surface area contributed by atoms with E-state index in [0.717, 1.165) is 28.1 Å². The van der Waals surface area contributed by atoms with E-state index in [1.54, 1.807) is 4.90 Å². The Hall–Kier alpha value is -3.15. The molecule has 2 aliphatic rings. The van der Waals surface area contributed by atoms with Crippen LogP contribution in [-0.2, 0) is 21.5 Å². The summed E-state index contributed by atoms with van der Waals surface area (Å²) in [6.45, 7) is 3.57. The van der Waals surface area contributed by atoms with Crippen LogP contribution in [0.4, 0.5) is 10.5 Å². The molecule has 1 saturated heterocycles. The van der Waals surface area contributed by atoms with Crippen molar-refractivity contribution in [3.05, 3.63) is 65.7 Å². The number of imide groups is 1. The van der Waals surface area contributed by atoms with Gasteiger partial charge in [-0.2, -0.15) is 0 Å². The zero-order valence-electron chi connectivity index (χ0n) is 16.0. The molecule has 1 N–H and O–H groups in total. The van der Waals surface area contributed by atoms with E-state index in [-0.39, 0.29) is 24.4 Å². The molecule has 6 heteroatoms. The monoisotopic (exact) mass is 377 g/mol. The van der Waals surface area contributed by atoms with Gasteiger partial charge < -0.3 is 10.2 Å². The standard InChI is InChI=1S/C22H23N3O3/c1-3-22(17-10-5-4-6-11-17)20(27)24(21(28)23-22)14-19(26)25-15(2)13-16-9-7-8-12-18(16)25/h4-12,15H,3,13-14H2,1-2H3,(H,23,28)/t15-,22+/m0/s1. The second kappa shape index (κ2) is 6.78. The van der Waals surface area contributed by atoms with Crippen molar-refractivity contribution >= 4 is 23.5 Å². The van der Waals surface area contributed by atoms with E-state index in [2.05, 4.69) is 5.32 Å². The zero-order chi connectivity index (χ0) is 19.9. The van der Waals surface area contributed by atoms with E-state index in [4.69, 9.17) is 0 Å². The minimum absolute atomic E-state index is 0.00396. The van der Waals surface area contributed by atoms with Gasteiger partial charge in [0.05, 0.1) is 0 Å². The molecule has 2 heterocycles. The second-order valence-electron chi connectivity index (χ2n) is 7.39. The minimum atomic E-state index is -1.12. The Bertz CT molecular complexity index is 943. The summed E-state index contributed by atoms with van der Waals surface area (Å²) < 4.78 is 0. The highest BCUT2D eigenvalue weighted by molar-refractivity contribution is 6.11. The van der Waals surface area contributed by atoms with Gasteiger partial charge in [0, 0.05) is 11.7 Å². The number of rotatable bonds is 4. The van der Waals surface area contributed by atoms with Crippen LogP contribution in [0.15, 0.2) is 54.6 Å². The molecule has 0 saturated carbocycles. The molecular formula is C22H23N3O3. The van der Waals surface area contributed by atoms with Gasteiger partial charge in [0.1, 0.15) is 12.1 Å². The molecule has 28 heavy (non-hydrogen) atoms. The fourth-order valence-electron chi connectivity index (χ4n) is 4.29. The van der Waals surface area contributed by atoms with Crippen LogP contribution in [0.2, 0.25) is 0 Å². The van der Waals surface area contributed by atoms with Gasteiger partial charge in [-0.1, -0.05) is 55.5 Å². The van der Waals surface area contributed by atoms with E-state index in [0.29, 0.717) is 6.42 Å². The van der Waals surface area contributed by atoms with Gasteiger partial charge in [-0.15, -0.1) is 0 Å². The summed E-state index contributed by atoms with van der Waals surface area (Å²) in [5.41, 5.74) is 1.57. The maximum absolute atomic E-state index is 13.2. The van der Waals surface area contributed by atoms with Crippen molar-refractivity contribution < 1.29 is 14.4 Å². The molecule has 2 aromatic carbocycles. The smallest absolute Gasteiger partial charge is 0.319 e. The minimum Gasteiger partial charge on any atom is -0.319 e. The van der Waals surface area contributed by atoms with Crippen LogP contribution in [0, 0.1) is 0 Å². The zero-order valence-corrected chi connectivity index (χ0v) is 16.0. The molecule has 2 aliphatic heterocycles. The first-order chi connectivity index (χ1) is 13.5. The Balaban J connectivity index is 1.60. The maximum Gasteiger partial charge on any atom is 0.325 e. The first-order valence-corrected chi connectivity index (χ1v) is 9.57. The number of benzene rings is 2. The fourth-order valence-corrected chi connectivity index (χ4v) is 4.29. The van der Waals surface area contributed by atoms with Crippen LogP contribution < -0.4 is 10.2 Å². The van der Waals surface area contributed by atoms with Crippen molar-refractivity contribution in [1.29, 1.82) is 0 Å². The molecule has 0 aliphatic carbocycles. The van der Waals surface area contributed by atoms with Gasteiger partial charge in [-0.25, -0.2) is 4.79 Å². The molecule has 1 fully saturated rings. The third kappa shape index (κ3) is 2.68. The summed E-state index contributed by atoms with van der Waals surface area (Å²) in [6.07, 6.45) is 1.18. The van der Waals surface area contributed by atoms with Gasteiger partial charge in [-0.05, 0) is 37.0 Å². The first kappa shape index (κ1) is 18.2. The molecule has 4 rings (SSSR count). The Morgan fingerprint density at radius 2 is 1.79 bits per heavy atom. The van der Waals surface area contributed by atoms with Crippen LogP contribution in [0.25, 0.3) is 0 Å². The third-order valence-corrected chi connectivity index (χ3v) is 5.74. The molecule has 4 amide bonds. The number of hydrogen-bond donors (Lipinski definition) is 1. The van der Waals surface area contributed by atoms with Crippen LogP contribution in [0.1, 0.15) is 31.4 Å². The van der Waals surface area contributed by atoms with Crippen molar-refractivity contribution in [2.75, 3.05) is 11.4 Å². The van der Waals surface area contributed by atoms with Crippen LogP contribution in [-0.4, -0.2) is 35.3 Å².